The van der Waals surface area contributed by atoms with Crippen LogP contribution in [0.25, 0.3) is 0 Å². The summed E-state index contributed by atoms with van der Waals surface area (Å²) in [5.41, 5.74) is 6.23. The summed E-state index contributed by atoms with van der Waals surface area (Å²) in [6.07, 6.45) is 3.37. The molecular formula is C27H41N7O7. The number of esters is 2. The van der Waals surface area contributed by atoms with Crippen molar-refractivity contribution in [3.8, 4) is 0 Å². The number of amides is 1. The Labute approximate surface area is 239 Å². The lowest BCUT2D eigenvalue weighted by Crippen LogP contribution is -2.62. The first-order valence-electron chi connectivity index (χ1n) is 14.0. The van der Waals surface area contributed by atoms with Crippen molar-refractivity contribution >= 4 is 29.5 Å². The molecule has 14 heteroatoms. The number of nitro groups is 1. The Kier molecular flexibility index (Phi) is 11.0. The fourth-order valence-electron chi connectivity index (χ4n) is 4.99. The molecule has 2 fully saturated rings. The van der Waals surface area contributed by atoms with Crippen molar-refractivity contribution in [2.75, 3.05) is 25.0 Å². The van der Waals surface area contributed by atoms with Crippen molar-refractivity contribution in [1.29, 1.82) is 0 Å². The van der Waals surface area contributed by atoms with Crippen LogP contribution in [0.4, 0.5) is 5.69 Å². The number of hydrazone groups is 1. The van der Waals surface area contributed by atoms with Crippen LogP contribution in [-0.2, 0) is 30.3 Å². The number of fused-ring (bicyclic) bond motifs is 1. The van der Waals surface area contributed by atoms with Crippen molar-refractivity contribution < 1.29 is 28.9 Å². The van der Waals surface area contributed by atoms with Gasteiger partial charge in [-0.05, 0) is 83.9 Å². The van der Waals surface area contributed by atoms with E-state index >= 15 is 0 Å². The van der Waals surface area contributed by atoms with E-state index in [-0.39, 0.29) is 18.5 Å². The van der Waals surface area contributed by atoms with Gasteiger partial charge in [0.25, 0.3) is 11.9 Å². The van der Waals surface area contributed by atoms with Crippen LogP contribution in [0.2, 0.25) is 0 Å². The molecule has 1 aromatic rings. The van der Waals surface area contributed by atoms with E-state index in [1.807, 2.05) is 5.01 Å². The Morgan fingerprint density at radius 1 is 1.20 bits per heavy atom. The molecule has 14 nitrogen and oxygen atoms in total. The Hall–Kier alpha value is -3.78. The summed E-state index contributed by atoms with van der Waals surface area (Å²) in [6, 6.07) is 4.86. The van der Waals surface area contributed by atoms with E-state index in [1.54, 1.807) is 57.0 Å². The van der Waals surface area contributed by atoms with Gasteiger partial charge < -0.3 is 20.5 Å². The van der Waals surface area contributed by atoms with Gasteiger partial charge in [-0.3, -0.25) is 19.9 Å². The minimum absolute atomic E-state index is 0.198. The molecular weight excluding hydrogens is 534 g/mol. The monoisotopic (exact) mass is 575 g/mol. The normalized spacial score (nSPS) is 20.9. The third-order valence-corrected chi connectivity index (χ3v) is 6.72. The van der Waals surface area contributed by atoms with Gasteiger partial charge in [-0.2, -0.15) is 0 Å². The van der Waals surface area contributed by atoms with E-state index in [9.17, 15) is 24.5 Å². The summed E-state index contributed by atoms with van der Waals surface area (Å²) in [4.78, 5) is 50.3. The molecule has 0 unspecified atom stereocenters. The fourth-order valence-corrected chi connectivity index (χ4v) is 4.99. The molecule has 3 atom stereocenters. The van der Waals surface area contributed by atoms with Gasteiger partial charge in [0.05, 0.1) is 12.6 Å². The maximum absolute atomic E-state index is 13.8. The van der Waals surface area contributed by atoms with Crippen LogP contribution in [0.1, 0.15) is 65.4 Å². The molecule has 0 spiro atoms. The summed E-state index contributed by atoms with van der Waals surface area (Å²) < 4.78 is 10.9. The molecule has 4 N–H and O–H groups in total. The van der Waals surface area contributed by atoms with Crippen LogP contribution in [-0.4, -0.2) is 82.3 Å². The number of nitrogens with two attached hydrogens (primary N) is 1. The molecule has 3 rings (SSSR count). The van der Waals surface area contributed by atoms with E-state index in [1.165, 1.54) is 0 Å². The van der Waals surface area contributed by atoms with Crippen LogP contribution >= 0.6 is 0 Å². The van der Waals surface area contributed by atoms with Gasteiger partial charge in [0.15, 0.2) is 5.03 Å². The molecule has 0 saturated carbocycles. The Bertz CT molecular complexity index is 1120. The minimum atomic E-state index is -0.890. The number of carbonyl (C=O) groups excluding carboxylic acids is 3. The molecule has 0 bridgehead atoms. The van der Waals surface area contributed by atoms with Crippen molar-refractivity contribution in [2.24, 2.45) is 10.8 Å². The molecule has 41 heavy (non-hydrogen) atoms. The number of anilines is 1. The van der Waals surface area contributed by atoms with E-state index < -0.39 is 40.7 Å². The van der Waals surface area contributed by atoms with Gasteiger partial charge in [-0.15, -0.1) is 0 Å². The molecule has 0 radical (unpaired) electrons. The average Bonchev–Trinajstić information content (AvgIpc) is 3.04. The molecule has 2 heterocycles. The van der Waals surface area contributed by atoms with E-state index in [0.29, 0.717) is 50.9 Å². The highest BCUT2D eigenvalue weighted by atomic mass is 16.7. The lowest BCUT2D eigenvalue weighted by Gasteiger charge is -2.43. The van der Waals surface area contributed by atoms with Gasteiger partial charge in [-0.25, -0.2) is 19.9 Å². The Morgan fingerprint density at radius 3 is 2.46 bits per heavy atom. The van der Waals surface area contributed by atoms with Crippen LogP contribution < -0.4 is 16.4 Å². The Morgan fingerprint density at radius 2 is 1.85 bits per heavy atom. The third-order valence-electron chi connectivity index (χ3n) is 6.72. The van der Waals surface area contributed by atoms with Crippen LogP contribution in [0.5, 0.6) is 0 Å². The first-order chi connectivity index (χ1) is 19.4. The number of benzene rings is 1. The molecule has 226 valence electrons. The third kappa shape index (κ3) is 9.39. The maximum atomic E-state index is 13.8. The lowest BCUT2D eigenvalue weighted by atomic mass is 10.0. The van der Waals surface area contributed by atoms with Gasteiger partial charge in [0, 0.05) is 18.8 Å². The second kappa shape index (κ2) is 14.2. The highest BCUT2D eigenvalue weighted by Gasteiger charge is 2.43. The van der Waals surface area contributed by atoms with Crippen LogP contribution in [0, 0.1) is 10.1 Å². The second-order valence-corrected chi connectivity index (χ2v) is 11.1. The number of hydrogen-bond donors (Lipinski definition) is 3. The first-order valence-corrected chi connectivity index (χ1v) is 14.0. The SMILES string of the molecule is CCOC(=O)[C@H](CCc1ccc(NC(N)=N[N+](=O)[O-])cc1)N[C@H]1CCCN2CCC[C@@H](C(=O)OC(C)(C)C)N2C1=O. The Balaban J connectivity index is 1.71. The van der Waals surface area contributed by atoms with Crippen molar-refractivity contribution in [1.82, 2.24) is 15.3 Å². The zero-order valence-electron chi connectivity index (χ0n) is 24.1. The molecule has 0 aromatic heterocycles. The molecule has 2 aliphatic rings. The summed E-state index contributed by atoms with van der Waals surface area (Å²) in [6.45, 7) is 8.63. The summed E-state index contributed by atoms with van der Waals surface area (Å²) in [5, 5.41) is 21.9. The number of rotatable bonds is 10. The lowest BCUT2D eigenvalue weighted by molar-refractivity contribution is -0.485. The van der Waals surface area contributed by atoms with Gasteiger partial charge >= 0.3 is 11.9 Å². The zero-order valence-corrected chi connectivity index (χ0v) is 24.1. The predicted octanol–water partition coefficient (Wildman–Crippen LogP) is 1.77. The zero-order chi connectivity index (χ0) is 30.2. The van der Waals surface area contributed by atoms with Crippen molar-refractivity contribution in [3.05, 3.63) is 39.9 Å². The van der Waals surface area contributed by atoms with Crippen molar-refractivity contribution in [3.63, 3.8) is 0 Å². The molecule has 0 aliphatic carbocycles. The number of ether oxygens (including phenoxy) is 2. The summed E-state index contributed by atoms with van der Waals surface area (Å²) in [5.74, 6) is -1.48. The number of carbonyl (C=O) groups is 3. The molecule has 2 aliphatic heterocycles. The second-order valence-electron chi connectivity index (χ2n) is 11.1. The van der Waals surface area contributed by atoms with E-state index in [2.05, 4.69) is 15.7 Å². The fraction of sp³-hybridized carbons (Fsp3) is 0.630. The average molecular weight is 576 g/mol. The van der Waals surface area contributed by atoms with Crippen molar-refractivity contribution in [2.45, 2.75) is 89.9 Å². The topological polar surface area (TPSA) is 182 Å². The van der Waals surface area contributed by atoms with Crippen LogP contribution in [0.15, 0.2) is 29.4 Å². The maximum Gasteiger partial charge on any atom is 0.331 e. The standard InChI is InChI=1S/C27H41N7O7/c1-5-40-24(36)21(15-12-18-10-13-19(14-11-18)29-26(28)31-34(38)39)30-20-8-6-16-32-17-7-9-22(33(32)23(20)35)25(37)41-27(2,3)4/h10-11,13-14,20-22,30H,5-9,12,15-17H2,1-4H3,(H3,28,29,31)/t20-,21-,22-/m0/s1. The number of hydrogen-bond acceptors (Lipinski definition) is 9. The summed E-state index contributed by atoms with van der Waals surface area (Å²) in [7, 11) is 0. The van der Waals surface area contributed by atoms with E-state index in [4.69, 9.17) is 15.2 Å². The number of guanidine groups is 1. The number of nitrogens with zero attached hydrogens (tertiary/aromatic N) is 4. The number of hydrazine groups is 1. The van der Waals surface area contributed by atoms with Gasteiger partial charge in [0.2, 0.25) is 0 Å². The highest BCUT2D eigenvalue weighted by molar-refractivity contribution is 5.91. The van der Waals surface area contributed by atoms with Crippen LogP contribution in [0.3, 0.4) is 0 Å². The molecule has 1 aromatic carbocycles. The minimum Gasteiger partial charge on any atom is -0.465 e. The number of nitrogens with one attached hydrogen (secondary N) is 2. The smallest absolute Gasteiger partial charge is 0.331 e. The predicted molar refractivity (Wildman–Crippen MR) is 151 cm³/mol. The largest absolute Gasteiger partial charge is 0.465 e. The first kappa shape index (κ1) is 31.7. The number of aryl methyl sites for hydroxylation is 1. The highest BCUT2D eigenvalue weighted by Crippen LogP contribution is 2.26. The van der Waals surface area contributed by atoms with Gasteiger partial charge in [-0.1, -0.05) is 12.1 Å². The van der Waals surface area contributed by atoms with E-state index in [0.717, 1.165) is 12.0 Å². The molecule has 1 amide bonds. The quantitative estimate of drug-likeness (QED) is 0.122. The molecule has 2 saturated heterocycles. The van der Waals surface area contributed by atoms with Gasteiger partial charge in [0.1, 0.15) is 22.8 Å². The summed E-state index contributed by atoms with van der Waals surface area (Å²) >= 11 is 0.